The molecule has 5 N–H and O–H groups in total. The molecule has 30 heteroatoms. The van der Waals surface area contributed by atoms with E-state index in [4.69, 9.17) is 49.2 Å². The number of aliphatic carboxylic acids is 5. The SMILES string of the molecule is CC1(C)C/C(=C\C(=O)O)c2ccc(C(F)(F)F)cc2O1.CCC1(CC)C/C(=C\C(=O)O)c2ccc(C(F)(F)F)cc2O1.O=C(O)/C=C1\CCCOc2cc(C(F)(F)F)ccc21.O=C(O)/C=C1\CCOCc2cc(C(F)(F)F)ccc21.O=C(O)/C=C1\CCOc2cc(C(F)(F)F)ccc21. The molecule has 5 aromatic carbocycles. The largest absolute Gasteiger partial charge is 0.493 e. The van der Waals surface area contributed by atoms with Gasteiger partial charge in [0.1, 0.15) is 34.2 Å². The maximum atomic E-state index is 12.9. The van der Waals surface area contributed by atoms with Crippen LogP contribution in [-0.2, 0) is 66.2 Å². The van der Waals surface area contributed by atoms with Gasteiger partial charge < -0.3 is 49.2 Å². The molecule has 0 fully saturated rings. The molecule has 0 amide bonds. The number of alkyl halides is 15. The van der Waals surface area contributed by atoms with Crippen LogP contribution in [0.1, 0.15) is 140 Å². The van der Waals surface area contributed by atoms with Gasteiger partial charge in [-0.3, -0.25) is 0 Å². The Kier molecular flexibility index (Phi) is 24.6. The lowest BCUT2D eigenvalue weighted by Crippen LogP contribution is -2.38. The fourth-order valence-electron chi connectivity index (χ4n) is 10.6. The monoisotopic (exact) mass is 1400 g/mol. The topological polar surface area (TPSA) is 233 Å². The van der Waals surface area contributed by atoms with Crippen LogP contribution >= 0.6 is 0 Å². The number of fused-ring (bicyclic) bond motifs is 5. The van der Waals surface area contributed by atoms with E-state index in [0.717, 1.165) is 91.0 Å². The van der Waals surface area contributed by atoms with Crippen molar-refractivity contribution in [1.82, 2.24) is 0 Å². The van der Waals surface area contributed by atoms with E-state index in [0.29, 0.717) is 113 Å². The molecule has 528 valence electrons. The summed E-state index contributed by atoms with van der Waals surface area (Å²) in [5.74, 6) is -5.32. The fourth-order valence-corrected chi connectivity index (χ4v) is 10.6. The summed E-state index contributed by atoms with van der Waals surface area (Å²) in [6, 6.07) is 15.7. The molecule has 10 rings (SSSR count). The van der Waals surface area contributed by atoms with Crippen LogP contribution in [0, 0.1) is 0 Å². The van der Waals surface area contributed by atoms with Crippen LogP contribution in [0.25, 0.3) is 27.9 Å². The van der Waals surface area contributed by atoms with E-state index >= 15 is 0 Å². The Balaban J connectivity index is 0.000000194. The van der Waals surface area contributed by atoms with E-state index in [1.807, 2.05) is 13.8 Å². The zero-order chi connectivity index (χ0) is 73.1. The summed E-state index contributed by atoms with van der Waals surface area (Å²) in [7, 11) is 0. The normalized spacial score (nSPS) is 18.2. The first-order chi connectivity index (χ1) is 45.4. The number of carboxylic acid groups (broad SMARTS) is 5. The molecule has 15 nitrogen and oxygen atoms in total. The second kappa shape index (κ2) is 31.2. The number of hydrogen-bond donors (Lipinski definition) is 5. The van der Waals surface area contributed by atoms with Crippen molar-refractivity contribution in [2.24, 2.45) is 0 Å². The molecule has 0 bridgehead atoms. The van der Waals surface area contributed by atoms with Crippen molar-refractivity contribution in [3.63, 3.8) is 0 Å². The standard InChI is InChI=1S/C16H17F3O3.C14H13F3O3.2C13H11F3O3.C12H9F3O3/c1-3-15(4-2)9-10(7-14(20)21)12-6-5-11(16(17,18)19)8-13(12)22-15;1-13(2)7-8(5-12(18)19)10-4-3-9(14(15,16)17)6-11(10)20-13;14-13(15,16)10-1-2-11-8(6-12(17)18)3-4-19-7-9(11)5-10;14-13(15,16)9-3-4-10-8(6-12(17)18)2-1-5-19-11(10)7-9;13-12(14,15)8-1-2-9-7(5-11(16)17)3-4-18-10(9)6-8/h5-8H,3-4,9H2,1-2H3,(H,20,21);3-6H,7H2,1-2H3,(H,18,19);1-2,5-6H,3-4,7H2,(H,17,18);3-4,6-7H,1-2,5H2,(H,17,18);1-2,5-6H,3-4H2,(H,16,17)/b10-7+;8-5+;2*8-6+;7-5+. The molecule has 5 heterocycles. The smallest absolute Gasteiger partial charge is 0.416 e. The number of carboxylic acids is 5. The fraction of sp³-hybridized carbons (Fsp3) is 0.338. The lowest BCUT2D eigenvalue weighted by Gasteiger charge is -2.39. The lowest BCUT2D eigenvalue weighted by atomic mass is 9.83. The Morgan fingerprint density at radius 2 is 0.714 bits per heavy atom. The third-order valence-corrected chi connectivity index (χ3v) is 15.3. The molecule has 0 saturated heterocycles. The van der Waals surface area contributed by atoms with E-state index in [9.17, 15) is 89.8 Å². The zero-order valence-corrected chi connectivity index (χ0v) is 52.0. The van der Waals surface area contributed by atoms with Gasteiger partial charge in [0.2, 0.25) is 0 Å². The molecule has 5 aliphatic heterocycles. The molecule has 0 radical (unpaired) electrons. The lowest BCUT2D eigenvalue weighted by molar-refractivity contribution is -0.138. The van der Waals surface area contributed by atoms with Gasteiger partial charge in [-0.1, -0.05) is 44.2 Å². The number of ether oxygens (including phenoxy) is 5. The van der Waals surface area contributed by atoms with Crippen molar-refractivity contribution in [3.8, 4) is 23.0 Å². The van der Waals surface area contributed by atoms with Gasteiger partial charge in [-0.15, -0.1) is 0 Å². The molecular weight excluding hydrogens is 1340 g/mol. The van der Waals surface area contributed by atoms with E-state index in [2.05, 4.69) is 0 Å². The van der Waals surface area contributed by atoms with Gasteiger partial charge >= 0.3 is 60.7 Å². The summed E-state index contributed by atoms with van der Waals surface area (Å²) < 4.78 is 217. The minimum absolute atomic E-state index is 0.0518. The number of benzene rings is 5. The molecule has 5 aromatic rings. The van der Waals surface area contributed by atoms with Gasteiger partial charge in [-0.25, -0.2) is 24.0 Å². The second-order valence-corrected chi connectivity index (χ2v) is 22.8. The van der Waals surface area contributed by atoms with Crippen molar-refractivity contribution in [3.05, 3.63) is 183 Å². The van der Waals surface area contributed by atoms with E-state index in [-0.39, 0.29) is 49.4 Å². The average molecular weight is 1400 g/mol. The van der Waals surface area contributed by atoms with Crippen LogP contribution in [-0.4, -0.2) is 86.4 Å². The van der Waals surface area contributed by atoms with Crippen molar-refractivity contribution in [2.45, 2.75) is 128 Å². The van der Waals surface area contributed by atoms with Gasteiger partial charge in [0, 0.05) is 71.9 Å². The second-order valence-electron chi connectivity index (χ2n) is 22.8. The minimum Gasteiger partial charge on any atom is -0.493 e. The van der Waals surface area contributed by atoms with Crippen LogP contribution in [0.3, 0.4) is 0 Å². The van der Waals surface area contributed by atoms with Gasteiger partial charge in [-0.2, -0.15) is 65.9 Å². The van der Waals surface area contributed by atoms with Crippen LogP contribution in [0.4, 0.5) is 65.9 Å². The van der Waals surface area contributed by atoms with Crippen molar-refractivity contribution in [2.75, 3.05) is 19.8 Å². The Bertz CT molecular complexity index is 3860. The molecule has 0 saturated carbocycles. The third kappa shape index (κ3) is 21.4. The zero-order valence-electron chi connectivity index (χ0n) is 52.0. The Morgan fingerprint density at radius 1 is 0.398 bits per heavy atom. The number of rotatable bonds is 7. The van der Waals surface area contributed by atoms with Gasteiger partial charge in [-0.05, 0) is 146 Å². The third-order valence-electron chi connectivity index (χ3n) is 15.3. The Hall–Kier alpha value is -9.74. The number of allylic oxidation sites excluding steroid dienone is 1. The molecule has 0 unspecified atom stereocenters. The van der Waals surface area contributed by atoms with Crippen LogP contribution in [0.5, 0.6) is 23.0 Å². The van der Waals surface area contributed by atoms with Crippen molar-refractivity contribution >= 4 is 57.7 Å². The summed E-state index contributed by atoms with van der Waals surface area (Å²) in [6.45, 7) is 7.93. The Labute approximate surface area is 548 Å². The molecule has 0 atom stereocenters. The molecule has 5 aliphatic rings. The molecule has 98 heavy (non-hydrogen) atoms. The number of halogens is 15. The molecule has 0 spiro atoms. The highest BCUT2D eigenvalue weighted by molar-refractivity contribution is 5.94. The number of carbonyl (C=O) groups is 5. The predicted molar refractivity (Wildman–Crippen MR) is 322 cm³/mol. The molecule has 0 aliphatic carbocycles. The number of hydrogen-bond acceptors (Lipinski definition) is 10. The first kappa shape index (κ1) is 77.3. The molecular formula is C68H61F15O15. The summed E-state index contributed by atoms with van der Waals surface area (Å²) in [4.78, 5) is 53.9. The van der Waals surface area contributed by atoms with Gasteiger partial charge in [0.25, 0.3) is 0 Å². The predicted octanol–water partition coefficient (Wildman–Crippen LogP) is 17.6. The van der Waals surface area contributed by atoms with E-state index in [1.54, 1.807) is 13.8 Å². The maximum Gasteiger partial charge on any atom is 0.416 e. The van der Waals surface area contributed by atoms with E-state index < -0.39 is 99.7 Å². The van der Waals surface area contributed by atoms with Crippen LogP contribution < -0.4 is 18.9 Å². The highest BCUT2D eigenvalue weighted by Gasteiger charge is 2.40. The Morgan fingerprint density at radius 3 is 1.11 bits per heavy atom. The first-order valence-corrected chi connectivity index (χ1v) is 29.4. The average Bonchev–Trinajstić information content (AvgIpc) is 0.951. The summed E-state index contributed by atoms with van der Waals surface area (Å²) in [5, 5.41) is 44.1. The summed E-state index contributed by atoms with van der Waals surface area (Å²) in [6.07, 6.45) is -13.5. The van der Waals surface area contributed by atoms with Gasteiger partial charge in [0.15, 0.2) is 0 Å². The van der Waals surface area contributed by atoms with Crippen LogP contribution in [0.2, 0.25) is 0 Å². The summed E-state index contributed by atoms with van der Waals surface area (Å²) >= 11 is 0. The van der Waals surface area contributed by atoms with Crippen molar-refractivity contribution in [1.29, 1.82) is 0 Å². The highest BCUT2D eigenvalue weighted by Crippen LogP contribution is 2.47. The van der Waals surface area contributed by atoms with Crippen LogP contribution in [0.15, 0.2) is 121 Å². The van der Waals surface area contributed by atoms with Gasteiger partial charge in [0.05, 0.1) is 54.2 Å². The highest BCUT2D eigenvalue weighted by atomic mass is 19.4. The minimum atomic E-state index is -4.46. The molecule has 0 aromatic heterocycles. The van der Waals surface area contributed by atoms with E-state index in [1.165, 1.54) is 30.3 Å². The van der Waals surface area contributed by atoms with Crippen molar-refractivity contribution < 1.29 is 139 Å². The summed E-state index contributed by atoms with van der Waals surface area (Å²) in [5.41, 5.74) is -0.551. The first-order valence-electron chi connectivity index (χ1n) is 29.4. The quantitative estimate of drug-likeness (QED) is 0.0753. The maximum absolute atomic E-state index is 12.9.